The van der Waals surface area contributed by atoms with E-state index in [4.69, 9.17) is 0 Å². The van der Waals surface area contributed by atoms with E-state index in [0.717, 1.165) is 19.4 Å². The van der Waals surface area contributed by atoms with Gasteiger partial charge >= 0.3 is 0 Å². The average molecular weight is 260 g/mol. The molecule has 1 aliphatic heterocycles. The van der Waals surface area contributed by atoms with Gasteiger partial charge in [-0.05, 0) is 18.4 Å². The van der Waals surface area contributed by atoms with Crippen LogP contribution in [0.3, 0.4) is 0 Å². The molecule has 2 unspecified atom stereocenters. The van der Waals surface area contributed by atoms with Crippen molar-refractivity contribution in [2.45, 2.75) is 51.1 Å². The molecule has 2 rings (SSSR count). The van der Waals surface area contributed by atoms with Crippen LogP contribution in [-0.4, -0.2) is 18.5 Å². The molecule has 1 fully saturated rings. The molecule has 1 aliphatic rings. The number of hydrogen-bond donors (Lipinski definition) is 2. The largest absolute Gasteiger partial charge is 0.352 e. The van der Waals surface area contributed by atoms with Gasteiger partial charge in [0, 0.05) is 25.0 Å². The average Bonchev–Trinajstić information content (AvgIpc) is 2.86. The lowest BCUT2D eigenvalue weighted by atomic mass is 10.0. The molecule has 2 N–H and O–H groups in total. The summed E-state index contributed by atoms with van der Waals surface area (Å²) in [5.74, 6) is 0.191. The van der Waals surface area contributed by atoms with E-state index in [1.54, 1.807) is 0 Å². The summed E-state index contributed by atoms with van der Waals surface area (Å²) in [5.41, 5.74) is 1.35. The van der Waals surface area contributed by atoms with Gasteiger partial charge in [-0.25, -0.2) is 0 Å². The summed E-state index contributed by atoms with van der Waals surface area (Å²) in [6.07, 6.45) is 5.23. The molecule has 3 nitrogen and oxygen atoms in total. The van der Waals surface area contributed by atoms with Gasteiger partial charge in [-0.2, -0.15) is 0 Å². The van der Waals surface area contributed by atoms with E-state index in [-0.39, 0.29) is 5.91 Å². The van der Waals surface area contributed by atoms with Crippen LogP contribution >= 0.6 is 0 Å². The lowest BCUT2D eigenvalue weighted by Crippen LogP contribution is -2.37. The van der Waals surface area contributed by atoms with Crippen LogP contribution in [0.2, 0.25) is 0 Å². The Kier molecular flexibility index (Phi) is 5.40. The van der Waals surface area contributed by atoms with Crippen molar-refractivity contribution in [3.63, 3.8) is 0 Å². The molecule has 1 aromatic rings. The fraction of sp³-hybridized carbons (Fsp3) is 0.562. The SMILES string of the molecule is CCCCC(NCC1CCC(=O)N1)c1ccccc1. The minimum atomic E-state index is 0.191. The normalized spacial score (nSPS) is 20.3. The standard InChI is InChI=1S/C16H24N2O/c1-2-3-9-15(13-7-5-4-6-8-13)17-12-14-10-11-16(19)18-14/h4-8,14-15,17H,2-3,9-12H2,1H3,(H,18,19). The molecular weight excluding hydrogens is 236 g/mol. The highest BCUT2D eigenvalue weighted by Gasteiger charge is 2.21. The molecule has 2 atom stereocenters. The second-order valence-corrected chi connectivity index (χ2v) is 5.32. The van der Waals surface area contributed by atoms with Crippen molar-refractivity contribution in [1.29, 1.82) is 0 Å². The van der Waals surface area contributed by atoms with Crippen LogP contribution in [-0.2, 0) is 4.79 Å². The summed E-state index contributed by atoms with van der Waals surface area (Å²) in [6, 6.07) is 11.3. The van der Waals surface area contributed by atoms with E-state index in [2.05, 4.69) is 47.9 Å². The van der Waals surface area contributed by atoms with Gasteiger partial charge in [0.25, 0.3) is 0 Å². The third-order valence-corrected chi connectivity index (χ3v) is 3.74. The Bertz CT molecular complexity index is 391. The predicted octanol–water partition coefficient (Wildman–Crippen LogP) is 2.79. The topological polar surface area (TPSA) is 41.1 Å². The smallest absolute Gasteiger partial charge is 0.220 e. The molecule has 0 radical (unpaired) electrons. The van der Waals surface area contributed by atoms with Gasteiger partial charge in [-0.15, -0.1) is 0 Å². The summed E-state index contributed by atoms with van der Waals surface area (Å²) in [7, 11) is 0. The van der Waals surface area contributed by atoms with Crippen molar-refractivity contribution >= 4 is 5.91 Å². The Balaban J connectivity index is 1.88. The maximum Gasteiger partial charge on any atom is 0.220 e. The van der Waals surface area contributed by atoms with Gasteiger partial charge in [0.2, 0.25) is 5.91 Å². The molecule has 3 heteroatoms. The minimum Gasteiger partial charge on any atom is -0.352 e. The number of unbranched alkanes of at least 4 members (excludes halogenated alkanes) is 1. The molecule has 1 saturated heterocycles. The summed E-state index contributed by atoms with van der Waals surface area (Å²) < 4.78 is 0. The third-order valence-electron chi connectivity index (χ3n) is 3.74. The highest BCUT2D eigenvalue weighted by Crippen LogP contribution is 2.19. The first-order valence-electron chi connectivity index (χ1n) is 7.37. The zero-order chi connectivity index (χ0) is 13.5. The molecule has 104 valence electrons. The first kappa shape index (κ1) is 14.1. The Morgan fingerprint density at radius 1 is 1.37 bits per heavy atom. The van der Waals surface area contributed by atoms with Crippen LogP contribution in [0.1, 0.15) is 50.6 Å². The van der Waals surface area contributed by atoms with Crippen LogP contribution in [0.15, 0.2) is 30.3 Å². The van der Waals surface area contributed by atoms with Crippen LogP contribution in [0.4, 0.5) is 0 Å². The Labute approximate surface area is 115 Å². The zero-order valence-corrected chi connectivity index (χ0v) is 11.7. The van der Waals surface area contributed by atoms with E-state index in [0.29, 0.717) is 18.5 Å². The molecule has 0 saturated carbocycles. The number of hydrogen-bond acceptors (Lipinski definition) is 2. The van der Waals surface area contributed by atoms with Crippen molar-refractivity contribution in [3.8, 4) is 0 Å². The molecule has 0 spiro atoms. The molecule has 19 heavy (non-hydrogen) atoms. The molecule has 0 aliphatic carbocycles. The van der Waals surface area contributed by atoms with Crippen molar-refractivity contribution in [2.75, 3.05) is 6.54 Å². The molecular formula is C16H24N2O. The van der Waals surface area contributed by atoms with E-state index in [1.807, 2.05) is 0 Å². The fourth-order valence-electron chi connectivity index (χ4n) is 2.60. The highest BCUT2D eigenvalue weighted by atomic mass is 16.1. The summed E-state index contributed by atoms with van der Waals surface area (Å²) in [4.78, 5) is 11.2. The number of amides is 1. The molecule has 0 aromatic heterocycles. The van der Waals surface area contributed by atoms with E-state index in [9.17, 15) is 4.79 Å². The van der Waals surface area contributed by atoms with Crippen molar-refractivity contribution < 1.29 is 4.79 Å². The number of rotatable bonds is 7. The Morgan fingerprint density at radius 2 is 2.16 bits per heavy atom. The maximum atomic E-state index is 11.2. The summed E-state index contributed by atoms with van der Waals surface area (Å²) in [5, 5.41) is 6.63. The monoisotopic (exact) mass is 260 g/mol. The van der Waals surface area contributed by atoms with Crippen LogP contribution in [0.5, 0.6) is 0 Å². The Morgan fingerprint density at radius 3 is 2.79 bits per heavy atom. The number of nitrogens with one attached hydrogen (secondary N) is 2. The van der Waals surface area contributed by atoms with Gasteiger partial charge < -0.3 is 10.6 Å². The first-order chi connectivity index (χ1) is 9.29. The minimum absolute atomic E-state index is 0.191. The zero-order valence-electron chi connectivity index (χ0n) is 11.7. The van der Waals surface area contributed by atoms with Crippen LogP contribution < -0.4 is 10.6 Å². The van der Waals surface area contributed by atoms with Gasteiger partial charge in [0.05, 0.1) is 0 Å². The molecule has 1 heterocycles. The quantitative estimate of drug-likeness (QED) is 0.791. The van der Waals surface area contributed by atoms with Gasteiger partial charge in [0.15, 0.2) is 0 Å². The lowest BCUT2D eigenvalue weighted by Gasteiger charge is -2.21. The molecule has 0 bridgehead atoms. The van der Waals surface area contributed by atoms with Gasteiger partial charge in [0.1, 0.15) is 0 Å². The number of carbonyl (C=O) groups is 1. The van der Waals surface area contributed by atoms with E-state index in [1.165, 1.54) is 18.4 Å². The molecule has 1 amide bonds. The second-order valence-electron chi connectivity index (χ2n) is 5.32. The summed E-state index contributed by atoms with van der Waals surface area (Å²) >= 11 is 0. The lowest BCUT2D eigenvalue weighted by molar-refractivity contribution is -0.119. The Hall–Kier alpha value is -1.35. The van der Waals surface area contributed by atoms with E-state index < -0.39 is 0 Å². The first-order valence-corrected chi connectivity index (χ1v) is 7.37. The van der Waals surface area contributed by atoms with Crippen molar-refractivity contribution in [3.05, 3.63) is 35.9 Å². The van der Waals surface area contributed by atoms with E-state index >= 15 is 0 Å². The fourth-order valence-corrected chi connectivity index (χ4v) is 2.60. The van der Waals surface area contributed by atoms with Crippen molar-refractivity contribution in [2.24, 2.45) is 0 Å². The van der Waals surface area contributed by atoms with Crippen LogP contribution in [0.25, 0.3) is 0 Å². The highest BCUT2D eigenvalue weighted by molar-refractivity contribution is 5.78. The predicted molar refractivity (Wildman–Crippen MR) is 77.9 cm³/mol. The molecule has 1 aromatic carbocycles. The number of benzene rings is 1. The van der Waals surface area contributed by atoms with Crippen LogP contribution in [0, 0.1) is 0 Å². The summed E-state index contributed by atoms with van der Waals surface area (Å²) in [6.45, 7) is 3.09. The van der Waals surface area contributed by atoms with Crippen molar-refractivity contribution in [1.82, 2.24) is 10.6 Å². The second kappa shape index (κ2) is 7.29. The maximum absolute atomic E-state index is 11.2. The van der Waals surface area contributed by atoms with Gasteiger partial charge in [-0.3, -0.25) is 4.79 Å². The third kappa shape index (κ3) is 4.35. The van der Waals surface area contributed by atoms with Gasteiger partial charge in [-0.1, -0.05) is 50.1 Å². The number of carbonyl (C=O) groups excluding carboxylic acids is 1.